The Morgan fingerprint density at radius 2 is 2.40 bits per heavy atom. The Hall–Kier alpha value is -0.310. The highest BCUT2D eigenvalue weighted by Gasteiger charge is 2.34. The largest absolute Gasteiger partial charge is 0.272 e. The molecule has 0 aliphatic heterocycles. The summed E-state index contributed by atoms with van der Waals surface area (Å²) in [5.41, 5.74) is 2.97. The Morgan fingerprint density at radius 1 is 1.67 bits per heavy atom. The smallest absolute Gasteiger partial charge is 0.0596 e. The topological polar surface area (TPSA) is 17.8 Å². The summed E-state index contributed by atoms with van der Waals surface area (Å²) < 4.78 is 2.03. The highest BCUT2D eigenvalue weighted by Crippen LogP contribution is 2.43. The molecule has 0 amide bonds. The molecule has 84 valence electrons. The van der Waals surface area contributed by atoms with Gasteiger partial charge >= 0.3 is 0 Å². The molecule has 2 unspecified atom stereocenters. The number of aryl methyl sites for hydroxylation is 2. The fraction of sp³-hybridized carbons (Fsp3) is 0.750. The zero-order valence-corrected chi connectivity index (χ0v) is 11.3. The lowest BCUT2D eigenvalue weighted by atomic mass is 9.84. The van der Waals surface area contributed by atoms with Gasteiger partial charge in [0, 0.05) is 17.6 Å². The number of hydrogen-bond acceptors (Lipinski definition) is 1. The molecule has 0 N–H and O–H groups in total. The van der Waals surface area contributed by atoms with Crippen LogP contribution in [0.3, 0.4) is 0 Å². The number of hydrogen-bond donors (Lipinski definition) is 0. The van der Waals surface area contributed by atoms with Gasteiger partial charge in [0.1, 0.15) is 0 Å². The second-order valence-electron chi connectivity index (χ2n) is 5.23. The van der Waals surface area contributed by atoms with E-state index in [4.69, 9.17) is 0 Å². The fourth-order valence-corrected chi connectivity index (χ4v) is 3.68. The van der Waals surface area contributed by atoms with Crippen molar-refractivity contribution in [3.63, 3.8) is 0 Å². The monoisotopic (exact) mass is 270 g/mol. The average molecular weight is 271 g/mol. The van der Waals surface area contributed by atoms with Crippen LogP contribution in [0.4, 0.5) is 0 Å². The first-order valence-electron chi connectivity index (χ1n) is 5.62. The van der Waals surface area contributed by atoms with E-state index in [0.29, 0.717) is 5.41 Å². The Labute approximate surface area is 100 Å². The van der Waals surface area contributed by atoms with Gasteiger partial charge in [-0.15, -0.1) is 0 Å². The molecule has 3 heteroatoms. The van der Waals surface area contributed by atoms with E-state index in [-0.39, 0.29) is 0 Å². The van der Waals surface area contributed by atoms with Crippen LogP contribution in [0.1, 0.15) is 37.6 Å². The second-order valence-corrected chi connectivity index (χ2v) is 6.52. The summed E-state index contributed by atoms with van der Waals surface area (Å²) in [6.45, 7) is 4.46. The molecule has 0 aromatic carbocycles. The highest BCUT2D eigenvalue weighted by atomic mass is 79.9. The summed E-state index contributed by atoms with van der Waals surface area (Å²) in [5.74, 6) is 0. The molecule has 2 atom stereocenters. The zero-order valence-electron chi connectivity index (χ0n) is 9.76. The fourth-order valence-electron chi connectivity index (χ4n) is 2.67. The van der Waals surface area contributed by atoms with Gasteiger partial charge in [-0.1, -0.05) is 22.9 Å². The van der Waals surface area contributed by atoms with Gasteiger partial charge in [-0.25, -0.2) is 0 Å². The third-order valence-corrected chi connectivity index (χ3v) is 4.26. The molecule has 15 heavy (non-hydrogen) atoms. The van der Waals surface area contributed by atoms with Gasteiger partial charge in [-0.2, -0.15) is 5.10 Å². The first-order chi connectivity index (χ1) is 6.98. The Morgan fingerprint density at radius 3 is 2.87 bits per heavy atom. The lowest BCUT2D eigenvalue weighted by molar-refractivity contribution is 0.327. The van der Waals surface area contributed by atoms with Crippen LogP contribution in [0.5, 0.6) is 0 Å². The first kappa shape index (κ1) is 11.2. The van der Waals surface area contributed by atoms with Crippen molar-refractivity contribution in [3.8, 4) is 0 Å². The van der Waals surface area contributed by atoms with Gasteiger partial charge in [0.25, 0.3) is 0 Å². The van der Waals surface area contributed by atoms with Crippen LogP contribution in [-0.2, 0) is 13.5 Å². The van der Waals surface area contributed by atoms with E-state index in [1.807, 2.05) is 11.7 Å². The van der Waals surface area contributed by atoms with E-state index < -0.39 is 0 Å². The molecule has 0 bridgehead atoms. The predicted molar refractivity (Wildman–Crippen MR) is 66.3 cm³/mol. The van der Waals surface area contributed by atoms with Crippen molar-refractivity contribution in [2.75, 3.05) is 0 Å². The molecule has 1 aliphatic carbocycles. The van der Waals surface area contributed by atoms with Crippen molar-refractivity contribution in [1.29, 1.82) is 0 Å². The molecule has 1 heterocycles. The molecule has 1 saturated carbocycles. The van der Waals surface area contributed by atoms with Gasteiger partial charge < -0.3 is 0 Å². The molecule has 0 saturated heterocycles. The van der Waals surface area contributed by atoms with Crippen molar-refractivity contribution in [2.45, 2.75) is 44.4 Å². The van der Waals surface area contributed by atoms with Crippen molar-refractivity contribution >= 4 is 15.9 Å². The minimum atomic E-state index is 0.467. The van der Waals surface area contributed by atoms with E-state index in [1.165, 1.54) is 25.0 Å². The molecule has 1 aromatic heterocycles. The predicted octanol–water partition coefficient (Wildman–Crippen LogP) is 3.22. The number of aromatic nitrogens is 2. The standard InChI is InChI=1S/C12H19BrN2/c1-9-6-11(15(3)14-9)8-12(2)5-4-10(13)7-12/h6,10H,4-5,7-8H2,1-3H3. The zero-order chi connectivity index (χ0) is 11.1. The molecule has 2 rings (SSSR count). The quantitative estimate of drug-likeness (QED) is 0.755. The van der Waals surface area contributed by atoms with Crippen LogP contribution in [0.15, 0.2) is 6.07 Å². The van der Waals surface area contributed by atoms with Crippen LogP contribution in [0.25, 0.3) is 0 Å². The third kappa shape index (κ3) is 2.44. The average Bonchev–Trinajstić information content (AvgIpc) is 2.58. The molecule has 1 aromatic rings. The first-order valence-corrected chi connectivity index (χ1v) is 6.54. The lowest BCUT2D eigenvalue weighted by Crippen LogP contribution is -2.17. The number of rotatable bonds is 2. The normalized spacial score (nSPS) is 31.1. The molecule has 1 aliphatic rings. The van der Waals surface area contributed by atoms with Crippen LogP contribution in [0.2, 0.25) is 0 Å². The lowest BCUT2D eigenvalue weighted by Gasteiger charge is -2.23. The van der Waals surface area contributed by atoms with Crippen LogP contribution in [0, 0.1) is 12.3 Å². The van der Waals surface area contributed by atoms with Crippen molar-refractivity contribution in [3.05, 3.63) is 17.5 Å². The van der Waals surface area contributed by atoms with E-state index in [0.717, 1.165) is 16.9 Å². The minimum Gasteiger partial charge on any atom is -0.272 e. The maximum absolute atomic E-state index is 4.41. The molecule has 0 spiro atoms. The summed E-state index contributed by atoms with van der Waals surface area (Å²) in [4.78, 5) is 0.719. The maximum Gasteiger partial charge on any atom is 0.0596 e. The summed E-state index contributed by atoms with van der Waals surface area (Å²) in [5, 5.41) is 4.41. The van der Waals surface area contributed by atoms with Crippen LogP contribution in [-0.4, -0.2) is 14.6 Å². The number of nitrogens with zero attached hydrogens (tertiary/aromatic N) is 2. The molecule has 0 radical (unpaired) electrons. The highest BCUT2D eigenvalue weighted by molar-refractivity contribution is 9.09. The molecule has 1 fully saturated rings. The number of alkyl halides is 1. The van der Waals surface area contributed by atoms with Crippen LogP contribution < -0.4 is 0 Å². The van der Waals surface area contributed by atoms with Crippen molar-refractivity contribution < 1.29 is 0 Å². The molecular weight excluding hydrogens is 252 g/mol. The SMILES string of the molecule is Cc1cc(CC2(C)CCC(Br)C2)n(C)n1. The van der Waals surface area contributed by atoms with Gasteiger partial charge in [-0.05, 0) is 44.1 Å². The summed E-state index contributed by atoms with van der Waals surface area (Å²) in [6.07, 6.45) is 5.09. The number of halogens is 1. The molecular formula is C12H19BrN2. The summed E-state index contributed by atoms with van der Waals surface area (Å²) in [6, 6.07) is 2.22. The van der Waals surface area contributed by atoms with E-state index in [1.54, 1.807) is 0 Å². The van der Waals surface area contributed by atoms with E-state index in [2.05, 4.69) is 40.9 Å². The Kier molecular flexibility index (Phi) is 2.93. The second kappa shape index (κ2) is 3.93. The molecule has 2 nitrogen and oxygen atoms in total. The van der Waals surface area contributed by atoms with Gasteiger partial charge in [-0.3, -0.25) is 4.68 Å². The van der Waals surface area contributed by atoms with Gasteiger partial charge in [0.2, 0.25) is 0 Å². The summed E-state index contributed by atoms with van der Waals surface area (Å²) in [7, 11) is 2.05. The maximum atomic E-state index is 4.41. The van der Waals surface area contributed by atoms with Crippen molar-refractivity contribution in [1.82, 2.24) is 9.78 Å². The van der Waals surface area contributed by atoms with Crippen LogP contribution >= 0.6 is 15.9 Å². The third-order valence-electron chi connectivity index (χ3n) is 3.48. The Balaban J connectivity index is 2.11. The Bertz CT molecular complexity index is 359. The van der Waals surface area contributed by atoms with E-state index in [9.17, 15) is 0 Å². The van der Waals surface area contributed by atoms with E-state index >= 15 is 0 Å². The summed E-state index contributed by atoms with van der Waals surface area (Å²) >= 11 is 3.73. The van der Waals surface area contributed by atoms with Crippen molar-refractivity contribution in [2.24, 2.45) is 12.5 Å². The van der Waals surface area contributed by atoms with Gasteiger partial charge in [0.15, 0.2) is 0 Å². The minimum absolute atomic E-state index is 0.467. The van der Waals surface area contributed by atoms with Gasteiger partial charge in [0.05, 0.1) is 5.69 Å².